The van der Waals surface area contributed by atoms with Gasteiger partial charge in [-0.2, -0.15) is 0 Å². The van der Waals surface area contributed by atoms with Crippen molar-refractivity contribution in [2.75, 3.05) is 33.9 Å². The van der Waals surface area contributed by atoms with E-state index in [-0.39, 0.29) is 6.54 Å². The van der Waals surface area contributed by atoms with Gasteiger partial charge < -0.3 is 10.5 Å². The van der Waals surface area contributed by atoms with E-state index >= 15 is 0 Å². The normalized spacial score (nSPS) is 14.6. The molecule has 0 heterocycles. The molecule has 0 amide bonds. The highest BCUT2D eigenvalue weighted by atomic mass is 32.2. The minimum atomic E-state index is -3.25. The summed E-state index contributed by atoms with van der Waals surface area (Å²) in [5.74, 6) is 0. The Kier molecular flexibility index (Phi) is 6.26. The van der Waals surface area contributed by atoms with Crippen LogP contribution < -0.4 is 5.73 Å². The molecule has 1 unspecified atom stereocenters. The maximum Gasteiger partial charge on any atom is 0.218 e. The molecule has 0 saturated carbocycles. The van der Waals surface area contributed by atoms with E-state index in [0.29, 0.717) is 19.6 Å². The van der Waals surface area contributed by atoms with Gasteiger partial charge in [-0.1, -0.05) is 6.92 Å². The fraction of sp³-hybridized carbons (Fsp3) is 1.00. The molecular weight excluding hydrogens is 204 g/mol. The molecule has 0 aromatic heterocycles. The van der Waals surface area contributed by atoms with Crippen molar-refractivity contribution in [1.82, 2.24) is 4.31 Å². The van der Waals surface area contributed by atoms with Gasteiger partial charge in [0, 0.05) is 27.2 Å². The molecule has 2 N–H and O–H groups in total. The second-order valence-electron chi connectivity index (χ2n) is 3.13. The molecule has 0 aliphatic carbocycles. The van der Waals surface area contributed by atoms with Crippen LogP contribution in [0.2, 0.25) is 0 Å². The summed E-state index contributed by atoms with van der Waals surface area (Å²) in [5, 5.41) is -0.482. The first-order valence-electron chi connectivity index (χ1n) is 4.64. The quantitative estimate of drug-likeness (QED) is 0.640. The molecule has 0 rings (SSSR count). The number of sulfonamides is 1. The standard InChI is InChI=1S/C8H20N2O3S/c1-4-8(7-9)14(11,12)10(2)5-6-13-3/h8H,4-7,9H2,1-3H3. The summed E-state index contributed by atoms with van der Waals surface area (Å²) < 4.78 is 29.7. The van der Waals surface area contributed by atoms with Gasteiger partial charge in [0.15, 0.2) is 0 Å². The van der Waals surface area contributed by atoms with Crippen LogP contribution in [0.25, 0.3) is 0 Å². The molecule has 0 radical (unpaired) electrons. The van der Waals surface area contributed by atoms with Crippen molar-refractivity contribution in [3.8, 4) is 0 Å². The van der Waals surface area contributed by atoms with Gasteiger partial charge in [0.2, 0.25) is 10.0 Å². The molecule has 0 aliphatic heterocycles. The fourth-order valence-electron chi connectivity index (χ4n) is 1.10. The van der Waals surface area contributed by atoms with Gasteiger partial charge in [0.05, 0.1) is 11.9 Å². The van der Waals surface area contributed by atoms with E-state index in [1.54, 1.807) is 14.2 Å². The number of ether oxygens (including phenoxy) is 1. The average molecular weight is 224 g/mol. The molecule has 0 saturated heterocycles. The van der Waals surface area contributed by atoms with E-state index in [0.717, 1.165) is 0 Å². The van der Waals surface area contributed by atoms with Crippen LogP contribution in [0.4, 0.5) is 0 Å². The monoisotopic (exact) mass is 224 g/mol. The lowest BCUT2D eigenvalue weighted by Crippen LogP contribution is -2.41. The van der Waals surface area contributed by atoms with Crippen molar-refractivity contribution in [1.29, 1.82) is 0 Å². The number of rotatable bonds is 7. The molecule has 0 aliphatic rings. The Bertz CT molecular complexity index is 237. The second kappa shape index (κ2) is 6.34. The van der Waals surface area contributed by atoms with Crippen LogP contribution in [0, 0.1) is 0 Å². The highest BCUT2D eigenvalue weighted by Gasteiger charge is 2.26. The summed E-state index contributed by atoms with van der Waals surface area (Å²) >= 11 is 0. The van der Waals surface area contributed by atoms with Crippen LogP contribution in [-0.2, 0) is 14.8 Å². The van der Waals surface area contributed by atoms with Crippen molar-refractivity contribution in [2.24, 2.45) is 5.73 Å². The number of hydrogen-bond donors (Lipinski definition) is 1. The smallest absolute Gasteiger partial charge is 0.218 e. The first-order chi connectivity index (χ1) is 6.50. The van der Waals surface area contributed by atoms with Crippen LogP contribution >= 0.6 is 0 Å². The number of nitrogens with two attached hydrogens (primary N) is 1. The maximum absolute atomic E-state index is 11.8. The molecular formula is C8H20N2O3S. The van der Waals surface area contributed by atoms with E-state index in [4.69, 9.17) is 10.5 Å². The lowest BCUT2D eigenvalue weighted by molar-refractivity contribution is 0.184. The molecule has 0 spiro atoms. The lowest BCUT2D eigenvalue weighted by Gasteiger charge is -2.22. The zero-order chi connectivity index (χ0) is 11.2. The summed E-state index contributed by atoms with van der Waals surface area (Å²) in [5.41, 5.74) is 5.40. The third kappa shape index (κ3) is 3.53. The molecule has 0 bridgehead atoms. The first-order valence-corrected chi connectivity index (χ1v) is 6.15. The number of methoxy groups -OCH3 is 1. The Hall–Kier alpha value is -0.170. The predicted molar refractivity (Wildman–Crippen MR) is 56.6 cm³/mol. The van der Waals surface area contributed by atoms with Crippen molar-refractivity contribution in [2.45, 2.75) is 18.6 Å². The van der Waals surface area contributed by atoms with Gasteiger partial charge in [-0.25, -0.2) is 12.7 Å². The minimum absolute atomic E-state index is 0.163. The number of nitrogens with zero attached hydrogens (tertiary/aromatic N) is 1. The van der Waals surface area contributed by atoms with Crippen LogP contribution in [-0.4, -0.2) is 51.8 Å². The molecule has 1 atom stereocenters. The van der Waals surface area contributed by atoms with Gasteiger partial charge >= 0.3 is 0 Å². The summed E-state index contributed by atoms with van der Waals surface area (Å²) in [4.78, 5) is 0. The van der Waals surface area contributed by atoms with Crippen molar-refractivity contribution < 1.29 is 13.2 Å². The van der Waals surface area contributed by atoms with E-state index in [2.05, 4.69) is 0 Å². The Morgan fingerprint density at radius 3 is 2.43 bits per heavy atom. The Labute approximate surface area is 86.3 Å². The van der Waals surface area contributed by atoms with E-state index in [1.165, 1.54) is 4.31 Å². The zero-order valence-electron chi connectivity index (χ0n) is 9.06. The maximum atomic E-state index is 11.8. The van der Waals surface area contributed by atoms with Crippen LogP contribution in [0.1, 0.15) is 13.3 Å². The number of hydrogen-bond acceptors (Lipinski definition) is 4. The van der Waals surface area contributed by atoms with Crippen molar-refractivity contribution in [3.63, 3.8) is 0 Å². The van der Waals surface area contributed by atoms with Gasteiger partial charge in [-0.3, -0.25) is 0 Å². The Morgan fingerprint density at radius 1 is 1.50 bits per heavy atom. The van der Waals surface area contributed by atoms with Gasteiger partial charge in [0.1, 0.15) is 0 Å². The fourth-order valence-corrected chi connectivity index (χ4v) is 2.60. The van der Waals surface area contributed by atoms with Crippen molar-refractivity contribution >= 4 is 10.0 Å². The third-order valence-corrected chi connectivity index (χ3v) is 4.60. The van der Waals surface area contributed by atoms with Crippen molar-refractivity contribution in [3.05, 3.63) is 0 Å². The SMILES string of the molecule is CCC(CN)S(=O)(=O)N(C)CCOC. The Morgan fingerprint density at radius 2 is 2.07 bits per heavy atom. The van der Waals surface area contributed by atoms with Gasteiger partial charge in [-0.15, -0.1) is 0 Å². The van der Waals surface area contributed by atoms with Gasteiger partial charge in [-0.05, 0) is 6.42 Å². The summed E-state index contributed by atoms with van der Waals surface area (Å²) in [6.45, 7) is 2.75. The van der Waals surface area contributed by atoms with E-state index in [9.17, 15) is 8.42 Å². The molecule has 0 aromatic carbocycles. The summed E-state index contributed by atoms with van der Waals surface area (Å²) in [7, 11) is -0.154. The first kappa shape index (κ1) is 13.8. The summed E-state index contributed by atoms with van der Waals surface area (Å²) in [6, 6.07) is 0. The molecule has 0 aromatic rings. The highest BCUT2D eigenvalue weighted by molar-refractivity contribution is 7.89. The predicted octanol–water partition coefficient (Wildman–Crippen LogP) is -0.368. The molecule has 0 fully saturated rings. The van der Waals surface area contributed by atoms with Gasteiger partial charge in [0.25, 0.3) is 0 Å². The molecule has 86 valence electrons. The van der Waals surface area contributed by atoms with E-state index < -0.39 is 15.3 Å². The molecule has 14 heavy (non-hydrogen) atoms. The topological polar surface area (TPSA) is 72.6 Å². The average Bonchev–Trinajstić information content (AvgIpc) is 2.15. The number of likely N-dealkylation sites (N-methyl/N-ethyl adjacent to an activating group) is 1. The third-order valence-electron chi connectivity index (χ3n) is 2.18. The van der Waals surface area contributed by atoms with E-state index in [1.807, 2.05) is 6.92 Å². The largest absolute Gasteiger partial charge is 0.383 e. The minimum Gasteiger partial charge on any atom is -0.383 e. The lowest BCUT2D eigenvalue weighted by atomic mass is 10.3. The second-order valence-corrected chi connectivity index (χ2v) is 5.45. The highest BCUT2D eigenvalue weighted by Crippen LogP contribution is 2.09. The van der Waals surface area contributed by atoms with Crippen LogP contribution in [0.15, 0.2) is 0 Å². The molecule has 6 heteroatoms. The summed E-state index contributed by atoms with van der Waals surface area (Å²) in [6.07, 6.45) is 0.538. The Balaban J connectivity index is 4.43. The zero-order valence-corrected chi connectivity index (χ0v) is 9.88. The molecule has 5 nitrogen and oxygen atoms in total. The van der Waals surface area contributed by atoms with Crippen LogP contribution in [0.3, 0.4) is 0 Å². The van der Waals surface area contributed by atoms with Crippen LogP contribution in [0.5, 0.6) is 0 Å².